The number of carbonyl (C=O) groups is 1. The predicted molar refractivity (Wildman–Crippen MR) is 86.1 cm³/mol. The van der Waals surface area contributed by atoms with Crippen LogP contribution >= 0.6 is 0 Å². The lowest BCUT2D eigenvalue weighted by Gasteiger charge is -2.08. The average Bonchev–Trinajstić information content (AvgIpc) is 2.53. The summed E-state index contributed by atoms with van der Waals surface area (Å²) in [5.41, 5.74) is 1.87. The fourth-order valence-electron chi connectivity index (χ4n) is 2.37. The van der Waals surface area contributed by atoms with Crippen molar-refractivity contribution in [3.8, 4) is 5.75 Å². The fraction of sp³-hybridized carbons (Fsp3) is 0.105. The Morgan fingerprint density at radius 1 is 0.864 bits per heavy atom. The normalized spacial score (nSPS) is 10.5. The first kappa shape index (κ1) is 14.1. The lowest BCUT2D eigenvalue weighted by molar-refractivity contribution is -0.136. The van der Waals surface area contributed by atoms with Gasteiger partial charge < -0.3 is 9.84 Å². The van der Waals surface area contributed by atoms with Gasteiger partial charge in [-0.3, -0.25) is 4.79 Å². The average molecular weight is 292 g/mol. The largest absolute Gasteiger partial charge is 0.489 e. The lowest BCUT2D eigenvalue weighted by atomic mass is 10.1. The van der Waals surface area contributed by atoms with Crippen LogP contribution in [-0.2, 0) is 17.8 Å². The molecule has 0 saturated heterocycles. The molecule has 0 radical (unpaired) electrons. The quantitative estimate of drug-likeness (QED) is 0.771. The van der Waals surface area contributed by atoms with Gasteiger partial charge in [-0.1, -0.05) is 48.5 Å². The molecule has 0 bridgehead atoms. The molecule has 0 saturated carbocycles. The molecule has 0 aliphatic heterocycles. The van der Waals surface area contributed by atoms with Crippen molar-refractivity contribution in [3.05, 3.63) is 77.9 Å². The number of hydrogen-bond acceptors (Lipinski definition) is 2. The van der Waals surface area contributed by atoms with Crippen molar-refractivity contribution in [2.75, 3.05) is 0 Å². The Hall–Kier alpha value is -2.81. The maximum atomic E-state index is 10.6. The predicted octanol–water partition coefficient (Wildman–Crippen LogP) is 4.05. The van der Waals surface area contributed by atoms with E-state index < -0.39 is 5.97 Å². The van der Waals surface area contributed by atoms with Gasteiger partial charge in [0.05, 0.1) is 6.42 Å². The Labute approximate surface area is 128 Å². The van der Waals surface area contributed by atoms with Crippen LogP contribution in [0.3, 0.4) is 0 Å². The Morgan fingerprint density at radius 3 is 2.27 bits per heavy atom. The van der Waals surface area contributed by atoms with E-state index in [-0.39, 0.29) is 6.42 Å². The number of carboxylic acid groups (broad SMARTS) is 1. The molecule has 0 unspecified atom stereocenters. The molecular weight excluding hydrogens is 276 g/mol. The molecule has 0 atom stereocenters. The molecular formula is C19H16O3. The number of rotatable bonds is 5. The highest BCUT2D eigenvalue weighted by molar-refractivity contribution is 5.82. The standard InChI is InChI=1S/C19H16O3/c20-19(21)12-14-6-9-18(10-7-14)22-13-15-5-8-16-3-1-2-4-17(16)11-15/h1-11H,12-13H2,(H,20,21). The third kappa shape index (κ3) is 3.44. The lowest BCUT2D eigenvalue weighted by Crippen LogP contribution is -2.00. The fourth-order valence-corrected chi connectivity index (χ4v) is 2.37. The minimum absolute atomic E-state index is 0.0327. The summed E-state index contributed by atoms with van der Waals surface area (Å²) in [6, 6.07) is 21.7. The van der Waals surface area contributed by atoms with Crippen molar-refractivity contribution >= 4 is 16.7 Å². The van der Waals surface area contributed by atoms with Crippen LogP contribution in [0.25, 0.3) is 10.8 Å². The molecule has 3 aromatic carbocycles. The number of carboxylic acids is 1. The second kappa shape index (κ2) is 6.31. The van der Waals surface area contributed by atoms with E-state index >= 15 is 0 Å². The monoisotopic (exact) mass is 292 g/mol. The highest BCUT2D eigenvalue weighted by Gasteiger charge is 2.02. The van der Waals surface area contributed by atoms with Crippen molar-refractivity contribution < 1.29 is 14.6 Å². The van der Waals surface area contributed by atoms with Gasteiger partial charge in [-0.2, -0.15) is 0 Å². The smallest absolute Gasteiger partial charge is 0.307 e. The van der Waals surface area contributed by atoms with Gasteiger partial charge >= 0.3 is 5.97 Å². The number of aliphatic carboxylic acids is 1. The summed E-state index contributed by atoms with van der Waals surface area (Å²) in [6.45, 7) is 0.489. The molecule has 110 valence electrons. The van der Waals surface area contributed by atoms with Gasteiger partial charge in [0.15, 0.2) is 0 Å². The van der Waals surface area contributed by atoms with Gasteiger partial charge in [0, 0.05) is 0 Å². The van der Waals surface area contributed by atoms with Crippen LogP contribution in [0.15, 0.2) is 66.7 Å². The minimum atomic E-state index is -0.829. The van der Waals surface area contributed by atoms with Crippen LogP contribution < -0.4 is 4.74 Å². The van der Waals surface area contributed by atoms with Crippen LogP contribution in [0.4, 0.5) is 0 Å². The Kier molecular flexibility index (Phi) is 4.05. The Balaban J connectivity index is 1.67. The van der Waals surface area contributed by atoms with Gasteiger partial charge in [-0.25, -0.2) is 0 Å². The minimum Gasteiger partial charge on any atom is -0.489 e. The summed E-state index contributed by atoms with van der Waals surface area (Å²) >= 11 is 0. The molecule has 0 amide bonds. The molecule has 3 heteroatoms. The molecule has 3 nitrogen and oxygen atoms in total. The molecule has 22 heavy (non-hydrogen) atoms. The van der Waals surface area contributed by atoms with Gasteiger partial charge in [-0.05, 0) is 40.1 Å². The first-order chi connectivity index (χ1) is 10.7. The van der Waals surface area contributed by atoms with Gasteiger partial charge in [0.25, 0.3) is 0 Å². The van der Waals surface area contributed by atoms with E-state index in [0.717, 1.165) is 16.9 Å². The Bertz CT molecular complexity index is 791. The SMILES string of the molecule is O=C(O)Cc1ccc(OCc2ccc3ccccc3c2)cc1. The van der Waals surface area contributed by atoms with Crippen molar-refractivity contribution in [1.82, 2.24) is 0 Å². The molecule has 3 rings (SSSR count). The van der Waals surface area contributed by atoms with Crippen molar-refractivity contribution in [2.24, 2.45) is 0 Å². The third-order valence-electron chi connectivity index (χ3n) is 3.50. The summed E-state index contributed by atoms with van der Waals surface area (Å²) < 4.78 is 5.75. The molecule has 0 fully saturated rings. The number of hydrogen-bond donors (Lipinski definition) is 1. The topological polar surface area (TPSA) is 46.5 Å². The highest BCUT2D eigenvalue weighted by Crippen LogP contribution is 2.18. The maximum Gasteiger partial charge on any atom is 0.307 e. The van der Waals surface area contributed by atoms with Crippen molar-refractivity contribution in [2.45, 2.75) is 13.0 Å². The first-order valence-corrected chi connectivity index (χ1v) is 7.12. The molecule has 0 heterocycles. The van der Waals surface area contributed by atoms with Crippen LogP contribution in [0, 0.1) is 0 Å². The maximum absolute atomic E-state index is 10.6. The molecule has 0 aliphatic rings. The summed E-state index contributed by atoms with van der Waals surface area (Å²) in [5, 5.41) is 11.2. The molecule has 0 aromatic heterocycles. The van der Waals surface area contributed by atoms with Crippen LogP contribution in [-0.4, -0.2) is 11.1 Å². The molecule has 1 N–H and O–H groups in total. The van der Waals surface area contributed by atoms with E-state index in [0.29, 0.717) is 6.61 Å². The Morgan fingerprint density at radius 2 is 1.55 bits per heavy atom. The number of fused-ring (bicyclic) bond motifs is 1. The molecule has 3 aromatic rings. The van der Waals surface area contributed by atoms with Crippen LogP contribution in [0.5, 0.6) is 5.75 Å². The summed E-state index contributed by atoms with van der Waals surface area (Å²) in [5.74, 6) is -0.0906. The van der Waals surface area contributed by atoms with Gasteiger partial charge in [-0.15, -0.1) is 0 Å². The second-order valence-corrected chi connectivity index (χ2v) is 5.18. The van der Waals surface area contributed by atoms with E-state index in [1.807, 2.05) is 12.1 Å². The molecule has 0 spiro atoms. The van der Waals surface area contributed by atoms with Crippen molar-refractivity contribution in [3.63, 3.8) is 0 Å². The van der Waals surface area contributed by atoms with E-state index in [1.54, 1.807) is 24.3 Å². The molecule has 0 aliphatic carbocycles. The van der Waals surface area contributed by atoms with Gasteiger partial charge in [0.1, 0.15) is 12.4 Å². The zero-order valence-corrected chi connectivity index (χ0v) is 12.0. The van der Waals surface area contributed by atoms with E-state index in [9.17, 15) is 4.79 Å². The van der Waals surface area contributed by atoms with Gasteiger partial charge in [0.2, 0.25) is 0 Å². The van der Waals surface area contributed by atoms with Crippen molar-refractivity contribution in [1.29, 1.82) is 0 Å². The summed E-state index contributed by atoms with van der Waals surface area (Å²) in [7, 11) is 0. The van der Waals surface area contributed by atoms with Crippen LogP contribution in [0.2, 0.25) is 0 Å². The van der Waals surface area contributed by atoms with E-state index in [2.05, 4.69) is 30.3 Å². The third-order valence-corrected chi connectivity index (χ3v) is 3.50. The second-order valence-electron chi connectivity index (χ2n) is 5.18. The number of benzene rings is 3. The van der Waals surface area contributed by atoms with Crippen LogP contribution in [0.1, 0.15) is 11.1 Å². The van der Waals surface area contributed by atoms with E-state index in [1.165, 1.54) is 10.8 Å². The van der Waals surface area contributed by atoms with E-state index in [4.69, 9.17) is 9.84 Å². The highest BCUT2D eigenvalue weighted by atomic mass is 16.5. The summed E-state index contributed by atoms with van der Waals surface area (Å²) in [4.78, 5) is 10.6. The first-order valence-electron chi connectivity index (χ1n) is 7.12. The zero-order chi connectivity index (χ0) is 15.4. The zero-order valence-electron chi connectivity index (χ0n) is 12.0. The number of ether oxygens (including phenoxy) is 1. The summed E-state index contributed by atoms with van der Waals surface area (Å²) in [6.07, 6.45) is 0.0327.